The average molecular weight is 331 g/mol. The fourth-order valence-electron chi connectivity index (χ4n) is 1.84. The lowest BCUT2D eigenvalue weighted by Gasteiger charge is -2.09. The monoisotopic (exact) mass is 331 g/mol. The van der Waals surface area contributed by atoms with Crippen LogP contribution in [0.15, 0.2) is 41.0 Å². The molecule has 24 heavy (non-hydrogen) atoms. The second kappa shape index (κ2) is 7.82. The van der Waals surface area contributed by atoms with E-state index in [-0.39, 0.29) is 30.3 Å². The summed E-state index contributed by atoms with van der Waals surface area (Å²) in [5.41, 5.74) is 1.11. The Balaban J connectivity index is 1.73. The van der Waals surface area contributed by atoms with Crippen LogP contribution in [-0.4, -0.2) is 35.9 Å². The highest BCUT2D eigenvalue weighted by atomic mass is 16.3. The van der Waals surface area contributed by atoms with E-state index in [1.165, 1.54) is 18.4 Å². The number of hydrogen-bond donors (Lipinski definition) is 4. The van der Waals surface area contributed by atoms with Gasteiger partial charge in [-0.05, 0) is 36.8 Å². The van der Waals surface area contributed by atoms with Crippen molar-refractivity contribution in [3.05, 3.63) is 47.9 Å². The van der Waals surface area contributed by atoms with Gasteiger partial charge < -0.3 is 25.5 Å². The van der Waals surface area contributed by atoms with E-state index in [1.807, 2.05) is 6.92 Å². The molecule has 0 aliphatic heterocycles. The Morgan fingerprint density at radius 1 is 1.08 bits per heavy atom. The molecule has 0 bridgehead atoms. The van der Waals surface area contributed by atoms with Gasteiger partial charge in [-0.2, -0.15) is 0 Å². The molecular weight excluding hydrogens is 314 g/mol. The quantitative estimate of drug-likeness (QED) is 0.583. The van der Waals surface area contributed by atoms with Crippen LogP contribution < -0.4 is 16.0 Å². The molecule has 3 amide bonds. The minimum atomic E-state index is -0.529. The summed E-state index contributed by atoms with van der Waals surface area (Å²) in [6.07, 6.45) is 1.35. The highest BCUT2D eigenvalue weighted by Gasteiger charge is 2.11. The Hall–Kier alpha value is -3.29. The van der Waals surface area contributed by atoms with Gasteiger partial charge in [-0.1, -0.05) is 6.07 Å². The number of nitrogens with one attached hydrogen (secondary N) is 3. The maximum absolute atomic E-state index is 11.7. The van der Waals surface area contributed by atoms with Crippen molar-refractivity contribution < 1.29 is 23.9 Å². The third kappa shape index (κ3) is 4.87. The summed E-state index contributed by atoms with van der Waals surface area (Å²) in [4.78, 5) is 34.9. The summed E-state index contributed by atoms with van der Waals surface area (Å²) in [7, 11) is 0. The molecule has 0 fully saturated rings. The van der Waals surface area contributed by atoms with Gasteiger partial charge in [0, 0.05) is 0 Å². The Morgan fingerprint density at radius 3 is 2.50 bits per heavy atom. The van der Waals surface area contributed by atoms with Crippen molar-refractivity contribution in [3.8, 4) is 5.75 Å². The number of phenols is 1. The number of hydrogen-bond acceptors (Lipinski definition) is 5. The number of benzene rings is 1. The van der Waals surface area contributed by atoms with Gasteiger partial charge in [-0.25, -0.2) is 0 Å². The van der Waals surface area contributed by atoms with E-state index in [4.69, 9.17) is 4.42 Å². The zero-order chi connectivity index (χ0) is 17.5. The van der Waals surface area contributed by atoms with Crippen LogP contribution in [0.2, 0.25) is 0 Å². The van der Waals surface area contributed by atoms with Crippen molar-refractivity contribution in [3.63, 3.8) is 0 Å². The summed E-state index contributed by atoms with van der Waals surface area (Å²) >= 11 is 0. The number of amides is 3. The molecule has 0 unspecified atom stereocenters. The summed E-state index contributed by atoms with van der Waals surface area (Å²) in [5, 5.41) is 16.9. The number of rotatable bonds is 6. The maximum atomic E-state index is 11.7. The Kier molecular flexibility index (Phi) is 5.56. The van der Waals surface area contributed by atoms with Gasteiger partial charge in [0.15, 0.2) is 5.76 Å². The molecule has 8 heteroatoms. The van der Waals surface area contributed by atoms with Crippen LogP contribution in [0.5, 0.6) is 5.75 Å². The number of anilines is 1. The molecule has 0 saturated carbocycles. The number of furan rings is 1. The van der Waals surface area contributed by atoms with E-state index in [1.54, 1.807) is 18.2 Å². The van der Waals surface area contributed by atoms with E-state index in [9.17, 15) is 19.5 Å². The van der Waals surface area contributed by atoms with Gasteiger partial charge in [0.2, 0.25) is 11.8 Å². The summed E-state index contributed by atoms with van der Waals surface area (Å²) in [6.45, 7) is 1.23. The summed E-state index contributed by atoms with van der Waals surface area (Å²) < 4.78 is 4.88. The lowest BCUT2D eigenvalue weighted by atomic mass is 10.2. The van der Waals surface area contributed by atoms with E-state index in [0.29, 0.717) is 0 Å². The van der Waals surface area contributed by atoms with Crippen LogP contribution in [0, 0.1) is 6.92 Å². The topological polar surface area (TPSA) is 121 Å². The van der Waals surface area contributed by atoms with Crippen LogP contribution in [-0.2, 0) is 9.59 Å². The van der Waals surface area contributed by atoms with E-state index in [2.05, 4.69) is 16.0 Å². The highest BCUT2D eigenvalue weighted by molar-refractivity contribution is 5.97. The van der Waals surface area contributed by atoms with Crippen molar-refractivity contribution in [2.45, 2.75) is 6.92 Å². The molecular formula is C16H17N3O5. The fraction of sp³-hybridized carbons (Fsp3) is 0.188. The van der Waals surface area contributed by atoms with Gasteiger partial charge >= 0.3 is 0 Å². The molecule has 0 spiro atoms. The molecule has 0 saturated heterocycles. The van der Waals surface area contributed by atoms with Crippen molar-refractivity contribution in [1.29, 1.82) is 0 Å². The molecule has 8 nitrogen and oxygen atoms in total. The first-order valence-electron chi connectivity index (χ1n) is 7.13. The number of aryl methyl sites for hydroxylation is 1. The molecule has 2 rings (SSSR count). The van der Waals surface area contributed by atoms with Crippen molar-refractivity contribution in [2.24, 2.45) is 0 Å². The van der Waals surface area contributed by atoms with E-state index in [0.717, 1.165) is 5.56 Å². The van der Waals surface area contributed by atoms with Crippen molar-refractivity contribution >= 4 is 23.4 Å². The molecule has 0 atom stereocenters. The summed E-state index contributed by atoms with van der Waals surface area (Å²) in [5.74, 6) is -1.52. The molecule has 1 aromatic carbocycles. The van der Waals surface area contributed by atoms with Gasteiger partial charge in [0.25, 0.3) is 5.91 Å². The lowest BCUT2D eigenvalue weighted by molar-refractivity contribution is -0.123. The second-order valence-electron chi connectivity index (χ2n) is 5.01. The second-order valence-corrected chi connectivity index (χ2v) is 5.01. The molecule has 126 valence electrons. The number of aromatic hydroxyl groups is 1. The Bertz CT molecular complexity index is 740. The van der Waals surface area contributed by atoms with Gasteiger partial charge in [-0.3, -0.25) is 14.4 Å². The van der Waals surface area contributed by atoms with Crippen molar-refractivity contribution in [1.82, 2.24) is 10.6 Å². The van der Waals surface area contributed by atoms with E-state index < -0.39 is 17.7 Å². The third-order valence-electron chi connectivity index (χ3n) is 3.03. The lowest BCUT2D eigenvalue weighted by Crippen LogP contribution is -2.40. The first-order valence-corrected chi connectivity index (χ1v) is 7.13. The normalized spacial score (nSPS) is 10.0. The molecule has 4 N–H and O–H groups in total. The first-order chi connectivity index (χ1) is 11.5. The Labute approximate surface area is 137 Å². The zero-order valence-corrected chi connectivity index (χ0v) is 13.0. The molecule has 0 aliphatic rings. The minimum absolute atomic E-state index is 0.0552. The SMILES string of the molecule is Cc1ccc(NC(=O)CNC(=O)CNC(=O)c2ccco2)c(O)c1. The number of carbonyl (C=O) groups excluding carboxylic acids is 3. The predicted molar refractivity (Wildman–Crippen MR) is 85.5 cm³/mol. The third-order valence-corrected chi connectivity index (χ3v) is 3.03. The van der Waals surface area contributed by atoms with Gasteiger partial charge in [0.05, 0.1) is 25.0 Å². The van der Waals surface area contributed by atoms with Gasteiger partial charge in [0.1, 0.15) is 5.75 Å². The molecule has 0 aliphatic carbocycles. The average Bonchev–Trinajstić information content (AvgIpc) is 3.08. The molecule has 0 radical (unpaired) electrons. The fourth-order valence-corrected chi connectivity index (χ4v) is 1.84. The largest absolute Gasteiger partial charge is 0.506 e. The predicted octanol–water partition coefficient (Wildman–Crippen LogP) is 0.778. The van der Waals surface area contributed by atoms with Crippen LogP contribution >= 0.6 is 0 Å². The zero-order valence-electron chi connectivity index (χ0n) is 13.0. The van der Waals surface area contributed by atoms with Crippen LogP contribution in [0.25, 0.3) is 0 Å². The first kappa shape index (κ1) is 17.1. The molecule has 1 aromatic heterocycles. The summed E-state index contributed by atoms with van der Waals surface area (Å²) in [6, 6.07) is 7.83. The van der Waals surface area contributed by atoms with Crippen LogP contribution in [0.3, 0.4) is 0 Å². The smallest absolute Gasteiger partial charge is 0.287 e. The minimum Gasteiger partial charge on any atom is -0.506 e. The highest BCUT2D eigenvalue weighted by Crippen LogP contribution is 2.23. The number of carbonyl (C=O) groups is 3. The van der Waals surface area contributed by atoms with Crippen molar-refractivity contribution in [2.75, 3.05) is 18.4 Å². The standard InChI is InChI=1S/C16H17N3O5/c1-10-4-5-11(12(20)7-10)19-15(22)9-17-14(21)8-18-16(23)13-3-2-6-24-13/h2-7,20H,8-9H2,1H3,(H,17,21)(H,18,23)(H,19,22). The molecule has 2 aromatic rings. The maximum Gasteiger partial charge on any atom is 0.287 e. The van der Waals surface area contributed by atoms with Crippen LogP contribution in [0.1, 0.15) is 16.1 Å². The Morgan fingerprint density at radius 2 is 1.83 bits per heavy atom. The van der Waals surface area contributed by atoms with Crippen LogP contribution in [0.4, 0.5) is 5.69 Å². The van der Waals surface area contributed by atoms with Gasteiger partial charge in [-0.15, -0.1) is 0 Å². The number of phenolic OH excluding ortho intramolecular Hbond substituents is 1. The van der Waals surface area contributed by atoms with E-state index >= 15 is 0 Å². The molecule has 1 heterocycles.